The van der Waals surface area contributed by atoms with Crippen LogP contribution in [0.2, 0.25) is 0 Å². The lowest BCUT2D eigenvalue weighted by molar-refractivity contribution is -0.384. The Balaban J connectivity index is 1.88. The molecule has 0 unspecified atom stereocenters. The van der Waals surface area contributed by atoms with Gasteiger partial charge in [0.2, 0.25) is 0 Å². The van der Waals surface area contributed by atoms with E-state index in [-0.39, 0.29) is 29.0 Å². The van der Waals surface area contributed by atoms with Gasteiger partial charge in [0.25, 0.3) is 15.7 Å². The minimum atomic E-state index is -3.98. The summed E-state index contributed by atoms with van der Waals surface area (Å²) in [5, 5.41) is 11.8. The van der Waals surface area contributed by atoms with Crippen LogP contribution in [0.15, 0.2) is 53.4 Å². The van der Waals surface area contributed by atoms with Gasteiger partial charge in [0.1, 0.15) is 5.69 Å². The van der Waals surface area contributed by atoms with Gasteiger partial charge in [-0.3, -0.25) is 19.2 Å². The summed E-state index contributed by atoms with van der Waals surface area (Å²) >= 11 is 0. The van der Waals surface area contributed by atoms with Crippen LogP contribution >= 0.6 is 0 Å². The minimum Gasteiger partial charge on any atom is -0.466 e. The van der Waals surface area contributed by atoms with E-state index >= 15 is 0 Å². The molecule has 0 radical (unpaired) electrons. The topological polar surface area (TPSA) is 110 Å². The van der Waals surface area contributed by atoms with E-state index < -0.39 is 14.9 Å². The fraction of sp³-hybridized carbons (Fsp3) is 0.409. The van der Waals surface area contributed by atoms with E-state index in [1.165, 1.54) is 16.4 Å². The van der Waals surface area contributed by atoms with Crippen molar-refractivity contribution in [1.82, 2.24) is 0 Å². The quantitative estimate of drug-likeness (QED) is 0.336. The Morgan fingerprint density at radius 2 is 1.81 bits per heavy atom. The number of hydrogen-bond acceptors (Lipinski definition) is 7. The standard InChI is InChI=1S/C22H27N3O6S/c1-3-24(18-8-6-5-7-9-18)32(29,30)19-10-11-20(21(16-19)25(27)28)23-14-12-17(13-15-23)22(26)31-4-2/h5-11,16-17H,3-4,12-15H2,1-2H3. The predicted octanol–water partition coefficient (Wildman–Crippen LogP) is 3.59. The molecule has 32 heavy (non-hydrogen) atoms. The smallest absolute Gasteiger partial charge is 0.309 e. The minimum absolute atomic E-state index is 0.139. The van der Waals surface area contributed by atoms with Crippen molar-refractivity contribution in [1.29, 1.82) is 0 Å². The SMILES string of the molecule is CCOC(=O)C1CCN(c2ccc(S(=O)(=O)N(CC)c3ccccc3)cc2[N+](=O)[O-])CC1. The fourth-order valence-corrected chi connectivity index (χ4v) is 5.40. The number of carbonyl (C=O) groups excluding carboxylic acids is 1. The molecular formula is C22H27N3O6S. The van der Waals surface area contributed by atoms with E-state index in [2.05, 4.69) is 0 Å². The Labute approximate surface area is 187 Å². The zero-order valence-electron chi connectivity index (χ0n) is 18.1. The second kappa shape index (κ2) is 9.99. The molecule has 172 valence electrons. The van der Waals surface area contributed by atoms with Crippen molar-refractivity contribution in [3.63, 3.8) is 0 Å². The summed E-state index contributed by atoms with van der Waals surface area (Å²) in [6.45, 7) is 4.86. The van der Waals surface area contributed by atoms with Crippen molar-refractivity contribution in [2.24, 2.45) is 5.92 Å². The van der Waals surface area contributed by atoms with Gasteiger partial charge in [-0.1, -0.05) is 18.2 Å². The van der Waals surface area contributed by atoms with Crippen LogP contribution < -0.4 is 9.21 Å². The van der Waals surface area contributed by atoms with Crippen LogP contribution in [-0.4, -0.2) is 45.6 Å². The fourth-order valence-electron chi connectivity index (χ4n) is 3.91. The van der Waals surface area contributed by atoms with E-state index in [1.54, 1.807) is 44.2 Å². The molecule has 1 saturated heterocycles. The lowest BCUT2D eigenvalue weighted by Gasteiger charge is -2.32. The zero-order valence-corrected chi connectivity index (χ0v) is 19.0. The first kappa shape index (κ1) is 23.5. The number of benzene rings is 2. The Morgan fingerprint density at radius 1 is 1.16 bits per heavy atom. The highest BCUT2D eigenvalue weighted by Gasteiger charge is 2.31. The lowest BCUT2D eigenvalue weighted by atomic mass is 9.96. The van der Waals surface area contributed by atoms with Gasteiger partial charge in [0, 0.05) is 25.7 Å². The normalized spacial score (nSPS) is 14.8. The number of para-hydroxylation sites is 1. The summed E-state index contributed by atoms with van der Waals surface area (Å²) in [4.78, 5) is 24.9. The summed E-state index contributed by atoms with van der Waals surface area (Å²) in [5.74, 6) is -0.474. The maximum Gasteiger partial charge on any atom is 0.309 e. The van der Waals surface area contributed by atoms with Crippen LogP contribution in [0, 0.1) is 16.0 Å². The summed E-state index contributed by atoms with van der Waals surface area (Å²) in [6.07, 6.45) is 1.04. The Hall–Kier alpha value is -3.14. The number of rotatable bonds is 8. The van der Waals surface area contributed by atoms with Crippen molar-refractivity contribution < 1.29 is 22.9 Å². The third-order valence-corrected chi connectivity index (χ3v) is 7.42. The number of nitro groups is 1. The number of piperidine rings is 1. The van der Waals surface area contributed by atoms with Crippen LogP contribution in [0.3, 0.4) is 0 Å². The highest BCUT2D eigenvalue weighted by Crippen LogP contribution is 2.35. The average Bonchev–Trinajstić information content (AvgIpc) is 2.80. The molecule has 0 N–H and O–H groups in total. The number of nitrogens with zero attached hydrogens (tertiary/aromatic N) is 3. The van der Waals surface area contributed by atoms with Gasteiger partial charge < -0.3 is 9.64 Å². The molecule has 0 aliphatic carbocycles. The van der Waals surface area contributed by atoms with E-state index in [4.69, 9.17) is 4.74 Å². The molecule has 0 amide bonds. The van der Waals surface area contributed by atoms with Crippen molar-refractivity contribution in [3.05, 3.63) is 58.6 Å². The summed E-state index contributed by atoms with van der Waals surface area (Å²) in [7, 11) is -3.98. The maximum atomic E-state index is 13.2. The van der Waals surface area contributed by atoms with Crippen molar-refractivity contribution in [2.45, 2.75) is 31.6 Å². The van der Waals surface area contributed by atoms with Gasteiger partial charge in [0.05, 0.1) is 28.0 Å². The van der Waals surface area contributed by atoms with Crippen molar-refractivity contribution >= 4 is 33.1 Å². The zero-order chi connectivity index (χ0) is 23.3. The van der Waals surface area contributed by atoms with E-state index in [0.717, 1.165) is 6.07 Å². The highest BCUT2D eigenvalue weighted by atomic mass is 32.2. The van der Waals surface area contributed by atoms with E-state index in [1.807, 2.05) is 4.90 Å². The predicted molar refractivity (Wildman–Crippen MR) is 121 cm³/mol. The number of esters is 1. The van der Waals surface area contributed by atoms with Crippen molar-refractivity contribution in [3.8, 4) is 0 Å². The van der Waals surface area contributed by atoms with Crippen LogP contribution in [0.1, 0.15) is 26.7 Å². The molecule has 9 nitrogen and oxygen atoms in total. The Bertz CT molecular complexity index is 1070. The molecule has 0 aromatic heterocycles. The maximum absolute atomic E-state index is 13.2. The molecule has 1 fully saturated rings. The van der Waals surface area contributed by atoms with E-state index in [0.29, 0.717) is 43.9 Å². The highest BCUT2D eigenvalue weighted by molar-refractivity contribution is 7.92. The van der Waals surface area contributed by atoms with Gasteiger partial charge in [-0.25, -0.2) is 8.42 Å². The van der Waals surface area contributed by atoms with Gasteiger partial charge in [0.15, 0.2) is 0 Å². The van der Waals surface area contributed by atoms with Gasteiger partial charge in [-0.15, -0.1) is 0 Å². The molecule has 2 aromatic rings. The van der Waals surface area contributed by atoms with Crippen LogP contribution in [0.5, 0.6) is 0 Å². The number of carbonyl (C=O) groups is 1. The van der Waals surface area contributed by atoms with Gasteiger partial charge in [-0.2, -0.15) is 0 Å². The molecule has 1 heterocycles. The summed E-state index contributed by atoms with van der Waals surface area (Å²) in [5.41, 5.74) is 0.562. The molecule has 1 aliphatic rings. The third kappa shape index (κ3) is 4.85. The lowest BCUT2D eigenvalue weighted by Crippen LogP contribution is -2.37. The average molecular weight is 462 g/mol. The first-order valence-corrected chi connectivity index (χ1v) is 12.0. The molecule has 0 atom stereocenters. The Kier molecular flexibility index (Phi) is 7.34. The monoisotopic (exact) mass is 461 g/mol. The second-order valence-electron chi connectivity index (χ2n) is 7.43. The van der Waals surface area contributed by atoms with Crippen molar-refractivity contribution in [2.75, 3.05) is 35.4 Å². The molecule has 3 rings (SSSR count). The largest absolute Gasteiger partial charge is 0.466 e. The second-order valence-corrected chi connectivity index (χ2v) is 9.29. The number of anilines is 2. The molecule has 10 heteroatoms. The molecular weight excluding hydrogens is 434 g/mol. The summed E-state index contributed by atoms with van der Waals surface area (Å²) in [6, 6.07) is 12.6. The third-order valence-electron chi connectivity index (χ3n) is 5.52. The van der Waals surface area contributed by atoms with Crippen LogP contribution in [0.4, 0.5) is 17.1 Å². The number of sulfonamides is 1. The number of ether oxygens (including phenoxy) is 1. The number of nitro benzene ring substituents is 1. The van der Waals surface area contributed by atoms with Crippen LogP contribution in [0.25, 0.3) is 0 Å². The number of hydrogen-bond donors (Lipinski definition) is 0. The molecule has 1 aliphatic heterocycles. The van der Waals surface area contributed by atoms with Crippen LogP contribution in [-0.2, 0) is 19.6 Å². The molecule has 0 saturated carbocycles. The molecule has 0 spiro atoms. The Morgan fingerprint density at radius 3 is 2.38 bits per heavy atom. The van der Waals surface area contributed by atoms with E-state index in [9.17, 15) is 23.3 Å². The first-order chi connectivity index (χ1) is 15.3. The van der Waals surface area contributed by atoms with Gasteiger partial charge >= 0.3 is 5.97 Å². The van der Waals surface area contributed by atoms with Gasteiger partial charge in [-0.05, 0) is 51.0 Å². The molecule has 0 bridgehead atoms. The molecule has 2 aromatic carbocycles. The summed E-state index contributed by atoms with van der Waals surface area (Å²) < 4.78 is 32.8. The first-order valence-electron chi connectivity index (χ1n) is 10.6.